The zero-order valence-electron chi connectivity index (χ0n) is 11.9. The summed E-state index contributed by atoms with van der Waals surface area (Å²) in [5.74, 6) is -3.42. The van der Waals surface area contributed by atoms with Gasteiger partial charge < -0.3 is 10.6 Å². The number of likely N-dealkylation sites (N-methyl/N-ethyl adjacent to an activating group) is 1. The van der Waals surface area contributed by atoms with Crippen LogP contribution in [-0.2, 0) is 9.84 Å². The van der Waals surface area contributed by atoms with Gasteiger partial charge in [0, 0.05) is 19.1 Å². The molecule has 0 heterocycles. The molecule has 1 aromatic carbocycles. The van der Waals surface area contributed by atoms with E-state index in [0.29, 0.717) is 5.69 Å². The van der Waals surface area contributed by atoms with Gasteiger partial charge in [-0.05, 0) is 25.0 Å². The first kappa shape index (κ1) is 16.2. The lowest BCUT2D eigenvalue weighted by Crippen LogP contribution is -2.48. The Kier molecular flexibility index (Phi) is 4.83. The molecule has 1 fully saturated rings. The molecule has 0 bridgehead atoms. The van der Waals surface area contributed by atoms with Crippen LogP contribution in [0.25, 0.3) is 0 Å². The number of sulfone groups is 1. The van der Waals surface area contributed by atoms with E-state index in [4.69, 9.17) is 5.73 Å². The second kappa shape index (κ2) is 6.27. The van der Waals surface area contributed by atoms with Crippen molar-refractivity contribution >= 4 is 15.5 Å². The Morgan fingerprint density at radius 2 is 1.86 bits per heavy atom. The van der Waals surface area contributed by atoms with Crippen LogP contribution in [-0.4, -0.2) is 33.3 Å². The number of benzene rings is 1. The van der Waals surface area contributed by atoms with Gasteiger partial charge in [0.15, 0.2) is 0 Å². The summed E-state index contributed by atoms with van der Waals surface area (Å²) in [6.07, 6.45) is 3.74. The molecule has 0 saturated heterocycles. The molecular formula is C14H20F2N2O2S. The third-order valence-electron chi connectivity index (χ3n) is 4.07. The number of nitrogens with zero attached hydrogens (tertiary/aromatic N) is 1. The number of halogens is 2. The van der Waals surface area contributed by atoms with Gasteiger partial charge in [-0.15, -0.1) is 0 Å². The second-order valence-electron chi connectivity index (χ2n) is 5.40. The van der Waals surface area contributed by atoms with E-state index in [9.17, 15) is 17.2 Å². The second-order valence-corrected chi connectivity index (χ2v) is 7.29. The zero-order chi connectivity index (χ0) is 15.6. The quantitative estimate of drug-likeness (QED) is 0.926. The maximum atomic E-state index is 12.8. The smallest absolute Gasteiger partial charge is 0.341 e. The minimum atomic E-state index is -4.62. The first-order valence-corrected chi connectivity index (χ1v) is 8.50. The summed E-state index contributed by atoms with van der Waals surface area (Å²) >= 11 is 0. The highest BCUT2D eigenvalue weighted by atomic mass is 32.2. The molecule has 7 heteroatoms. The molecule has 2 rings (SSSR count). The SMILES string of the molecule is CN(c1ccccc1S(=O)(=O)C(F)F)C1CCCCC1N. The molecular weight excluding hydrogens is 298 g/mol. The summed E-state index contributed by atoms with van der Waals surface area (Å²) in [4.78, 5) is 1.40. The van der Waals surface area contributed by atoms with Crippen LogP contribution in [0.2, 0.25) is 0 Å². The standard InChI is InChI=1S/C14H20F2N2O2S/c1-18(11-7-3-2-6-10(11)17)12-8-4-5-9-13(12)21(19,20)14(15)16/h4-5,8-11,14H,2-3,6-7,17H2,1H3. The third kappa shape index (κ3) is 3.18. The largest absolute Gasteiger partial charge is 0.369 e. The van der Waals surface area contributed by atoms with Gasteiger partial charge >= 0.3 is 5.76 Å². The Balaban J connectivity index is 2.40. The summed E-state index contributed by atoms with van der Waals surface area (Å²) in [6, 6.07) is 5.76. The van der Waals surface area contributed by atoms with E-state index < -0.39 is 15.6 Å². The van der Waals surface area contributed by atoms with Crippen molar-refractivity contribution in [2.24, 2.45) is 5.73 Å². The highest BCUT2D eigenvalue weighted by Gasteiger charge is 2.33. The summed E-state index contributed by atoms with van der Waals surface area (Å²) in [6.45, 7) is 0. The predicted octanol–water partition coefficient (Wildman–Crippen LogP) is 2.39. The van der Waals surface area contributed by atoms with Crippen molar-refractivity contribution in [3.8, 4) is 0 Å². The average molecular weight is 318 g/mol. The van der Waals surface area contributed by atoms with Gasteiger partial charge in [-0.25, -0.2) is 8.42 Å². The molecule has 4 nitrogen and oxygen atoms in total. The number of para-hydroxylation sites is 1. The van der Waals surface area contributed by atoms with Crippen LogP contribution >= 0.6 is 0 Å². The van der Waals surface area contributed by atoms with E-state index in [1.54, 1.807) is 24.1 Å². The van der Waals surface area contributed by atoms with E-state index in [1.807, 2.05) is 0 Å². The molecule has 0 amide bonds. The minimum absolute atomic E-state index is 0.0345. The van der Waals surface area contributed by atoms with Crippen molar-refractivity contribution in [2.75, 3.05) is 11.9 Å². The molecule has 1 aromatic rings. The molecule has 21 heavy (non-hydrogen) atoms. The zero-order valence-corrected chi connectivity index (χ0v) is 12.7. The highest BCUT2D eigenvalue weighted by molar-refractivity contribution is 7.91. The van der Waals surface area contributed by atoms with Crippen molar-refractivity contribution in [2.45, 2.75) is 48.4 Å². The van der Waals surface area contributed by atoms with E-state index in [-0.39, 0.29) is 17.0 Å². The first-order chi connectivity index (χ1) is 9.85. The molecule has 0 aliphatic heterocycles. The molecule has 0 radical (unpaired) electrons. The Morgan fingerprint density at radius 1 is 1.24 bits per heavy atom. The van der Waals surface area contributed by atoms with Crippen LogP contribution in [0.3, 0.4) is 0 Å². The van der Waals surface area contributed by atoms with Crippen LogP contribution in [0, 0.1) is 0 Å². The monoisotopic (exact) mass is 318 g/mol. The van der Waals surface area contributed by atoms with E-state index in [0.717, 1.165) is 25.7 Å². The number of rotatable bonds is 4. The Bertz CT molecular complexity index is 592. The first-order valence-electron chi connectivity index (χ1n) is 6.95. The van der Waals surface area contributed by atoms with Gasteiger partial charge in [0.1, 0.15) is 0 Å². The number of hydrogen-bond donors (Lipinski definition) is 1. The maximum absolute atomic E-state index is 12.8. The maximum Gasteiger partial charge on any atom is 0.341 e. The van der Waals surface area contributed by atoms with E-state index in [2.05, 4.69) is 0 Å². The Labute approximate surface area is 123 Å². The van der Waals surface area contributed by atoms with E-state index in [1.165, 1.54) is 12.1 Å². The summed E-state index contributed by atoms with van der Waals surface area (Å²) in [7, 11) is -2.91. The van der Waals surface area contributed by atoms with Gasteiger partial charge in [0.05, 0.1) is 10.6 Å². The fourth-order valence-electron chi connectivity index (χ4n) is 2.88. The molecule has 1 aliphatic rings. The minimum Gasteiger partial charge on any atom is -0.369 e. The average Bonchev–Trinajstić information content (AvgIpc) is 2.47. The lowest BCUT2D eigenvalue weighted by molar-refractivity contribution is 0.234. The normalized spacial score (nSPS) is 23.3. The Hall–Kier alpha value is -1.21. The fraction of sp³-hybridized carbons (Fsp3) is 0.571. The fourth-order valence-corrected chi connectivity index (χ4v) is 3.85. The van der Waals surface area contributed by atoms with Crippen molar-refractivity contribution < 1.29 is 17.2 Å². The topological polar surface area (TPSA) is 63.4 Å². The van der Waals surface area contributed by atoms with Crippen molar-refractivity contribution in [1.82, 2.24) is 0 Å². The van der Waals surface area contributed by atoms with Gasteiger partial charge in [-0.3, -0.25) is 0 Å². The van der Waals surface area contributed by atoms with Crippen molar-refractivity contribution in [3.63, 3.8) is 0 Å². The lowest BCUT2D eigenvalue weighted by Gasteiger charge is -2.38. The number of anilines is 1. The summed E-state index contributed by atoms with van der Waals surface area (Å²) in [5.41, 5.74) is 6.39. The summed E-state index contributed by atoms with van der Waals surface area (Å²) < 4.78 is 49.3. The number of alkyl halides is 2. The molecule has 1 aliphatic carbocycles. The molecule has 2 unspecified atom stereocenters. The molecule has 1 saturated carbocycles. The van der Waals surface area contributed by atoms with Crippen LogP contribution in [0.4, 0.5) is 14.5 Å². The van der Waals surface area contributed by atoms with Crippen molar-refractivity contribution in [3.05, 3.63) is 24.3 Å². The van der Waals surface area contributed by atoms with Gasteiger partial charge in [0.2, 0.25) is 9.84 Å². The van der Waals surface area contributed by atoms with Gasteiger partial charge in [-0.1, -0.05) is 25.0 Å². The van der Waals surface area contributed by atoms with Crippen LogP contribution in [0.1, 0.15) is 25.7 Å². The third-order valence-corrected chi connectivity index (χ3v) is 5.49. The van der Waals surface area contributed by atoms with Crippen LogP contribution < -0.4 is 10.6 Å². The molecule has 0 aromatic heterocycles. The highest BCUT2D eigenvalue weighted by Crippen LogP contribution is 2.32. The molecule has 2 N–H and O–H groups in total. The lowest BCUT2D eigenvalue weighted by atomic mass is 9.90. The van der Waals surface area contributed by atoms with Gasteiger partial charge in [-0.2, -0.15) is 8.78 Å². The van der Waals surface area contributed by atoms with E-state index >= 15 is 0 Å². The van der Waals surface area contributed by atoms with Crippen molar-refractivity contribution in [1.29, 1.82) is 0 Å². The Morgan fingerprint density at radius 3 is 2.48 bits per heavy atom. The molecule has 0 spiro atoms. The molecule has 118 valence electrons. The predicted molar refractivity (Wildman–Crippen MR) is 78.3 cm³/mol. The van der Waals surface area contributed by atoms with Crippen LogP contribution in [0.15, 0.2) is 29.2 Å². The number of nitrogens with two attached hydrogens (primary N) is 1. The van der Waals surface area contributed by atoms with Gasteiger partial charge in [0.25, 0.3) is 0 Å². The summed E-state index contributed by atoms with van der Waals surface area (Å²) in [5, 5.41) is 0. The molecule has 2 atom stereocenters. The number of hydrogen-bond acceptors (Lipinski definition) is 4. The van der Waals surface area contributed by atoms with Crippen LogP contribution in [0.5, 0.6) is 0 Å².